The lowest BCUT2D eigenvalue weighted by Gasteiger charge is -2.07. The largest absolute Gasteiger partial charge is 0.322 e. The summed E-state index contributed by atoms with van der Waals surface area (Å²) in [6, 6.07) is 8.79. The van der Waals surface area contributed by atoms with E-state index in [9.17, 15) is 9.18 Å². The van der Waals surface area contributed by atoms with Gasteiger partial charge >= 0.3 is 0 Å². The van der Waals surface area contributed by atoms with Crippen LogP contribution in [0.15, 0.2) is 40.9 Å². The van der Waals surface area contributed by atoms with E-state index in [1.165, 1.54) is 12.1 Å². The molecule has 0 saturated heterocycles. The lowest BCUT2D eigenvalue weighted by atomic mass is 10.2. The highest BCUT2D eigenvalue weighted by molar-refractivity contribution is 9.10. The first kappa shape index (κ1) is 14.3. The summed E-state index contributed by atoms with van der Waals surface area (Å²) in [5.41, 5.74) is 0.655. The van der Waals surface area contributed by atoms with E-state index in [0.717, 1.165) is 6.07 Å². The number of hydrogen-bond donors (Lipinski definition) is 1. The molecule has 6 heteroatoms. The molecule has 2 rings (SSSR count). The van der Waals surface area contributed by atoms with Crippen LogP contribution in [0.1, 0.15) is 10.4 Å². The molecule has 1 amide bonds. The van der Waals surface area contributed by atoms with Crippen LogP contribution >= 0.6 is 39.1 Å². The van der Waals surface area contributed by atoms with Gasteiger partial charge in [0.05, 0.1) is 4.47 Å². The Hall–Kier alpha value is -1.10. The molecule has 19 heavy (non-hydrogen) atoms. The maximum atomic E-state index is 13.3. The monoisotopic (exact) mass is 361 g/mol. The lowest BCUT2D eigenvalue weighted by molar-refractivity contribution is 0.102. The fourth-order valence-corrected chi connectivity index (χ4v) is 2.24. The van der Waals surface area contributed by atoms with E-state index in [2.05, 4.69) is 21.2 Å². The van der Waals surface area contributed by atoms with E-state index in [4.69, 9.17) is 23.2 Å². The van der Waals surface area contributed by atoms with Gasteiger partial charge in [0.1, 0.15) is 5.82 Å². The minimum atomic E-state index is -0.503. The van der Waals surface area contributed by atoms with Crippen molar-refractivity contribution in [3.8, 4) is 0 Å². The van der Waals surface area contributed by atoms with Gasteiger partial charge in [-0.1, -0.05) is 23.2 Å². The predicted octanol–water partition coefficient (Wildman–Crippen LogP) is 5.15. The fraction of sp³-hybridized carbons (Fsp3) is 0. The van der Waals surface area contributed by atoms with E-state index in [1.807, 2.05) is 0 Å². The fourth-order valence-electron chi connectivity index (χ4n) is 1.47. The number of anilines is 1. The minimum Gasteiger partial charge on any atom is -0.322 e. The van der Waals surface area contributed by atoms with Crippen molar-refractivity contribution in [1.29, 1.82) is 0 Å². The molecule has 0 radical (unpaired) electrons. The van der Waals surface area contributed by atoms with Gasteiger partial charge in [-0.3, -0.25) is 4.79 Å². The van der Waals surface area contributed by atoms with Crippen molar-refractivity contribution in [3.05, 3.63) is 62.3 Å². The molecule has 1 N–H and O–H groups in total. The molecule has 0 saturated carbocycles. The van der Waals surface area contributed by atoms with Gasteiger partial charge in [-0.15, -0.1) is 0 Å². The molecule has 0 unspecified atom stereocenters. The van der Waals surface area contributed by atoms with Crippen LogP contribution in [-0.2, 0) is 0 Å². The zero-order valence-corrected chi connectivity index (χ0v) is 12.5. The number of halogens is 4. The molecular weight excluding hydrogens is 356 g/mol. The van der Waals surface area contributed by atoms with Gasteiger partial charge in [0.25, 0.3) is 5.91 Å². The number of nitrogens with one attached hydrogen (secondary N) is 1. The molecule has 2 aromatic carbocycles. The van der Waals surface area contributed by atoms with Crippen molar-refractivity contribution in [2.75, 3.05) is 5.32 Å². The standard InChI is InChI=1S/C13H7BrCl2FNO/c14-11-2-1-7(3-12(11)17)13(19)18-10-5-8(15)4-9(16)6-10/h1-6H,(H,18,19). The van der Waals surface area contributed by atoms with Gasteiger partial charge in [-0.2, -0.15) is 0 Å². The average Bonchev–Trinajstić information content (AvgIpc) is 2.31. The molecule has 0 fully saturated rings. The molecule has 0 aliphatic rings. The first-order chi connectivity index (χ1) is 8.95. The second-order valence-electron chi connectivity index (χ2n) is 3.74. The quantitative estimate of drug-likeness (QED) is 0.786. The smallest absolute Gasteiger partial charge is 0.255 e. The van der Waals surface area contributed by atoms with Crippen molar-refractivity contribution in [1.82, 2.24) is 0 Å². The number of benzene rings is 2. The number of carbonyl (C=O) groups excluding carboxylic acids is 1. The molecule has 0 atom stereocenters. The van der Waals surface area contributed by atoms with Crippen LogP contribution in [0.4, 0.5) is 10.1 Å². The minimum absolute atomic E-state index is 0.205. The summed E-state index contributed by atoms with van der Waals surface area (Å²) in [5.74, 6) is -0.943. The van der Waals surface area contributed by atoms with Crippen molar-refractivity contribution in [2.24, 2.45) is 0 Å². The second-order valence-corrected chi connectivity index (χ2v) is 5.47. The molecule has 0 heterocycles. The molecule has 0 aromatic heterocycles. The Bertz CT molecular complexity index is 628. The topological polar surface area (TPSA) is 29.1 Å². The van der Waals surface area contributed by atoms with E-state index in [-0.39, 0.29) is 5.56 Å². The van der Waals surface area contributed by atoms with Crippen LogP contribution in [0, 0.1) is 5.82 Å². The normalized spacial score (nSPS) is 10.3. The zero-order valence-electron chi connectivity index (χ0n) is 9.38. The molecule has 98 valence electrons. The summed E-state index contributed by atoms with van der Waals surface area (Å²) in [6.45, 7) is 0. The Kier molecular flexibility index (Phi) is 4.45. The average molecular weight is 363 g/mol. The number of hydrogen-bond acceptors (Lipinski definition) is 1. The SMILES string of the molecule is O=C(Nc1cc(Cl)cc(Cl)c1)c1ccc(Br)c(F)c1. The van der Waals surface area contributed by atoms with Gasteiger partial charge in [0.2, 0.25) is 0 Å². The summed E-state index contributed by atoms with van der Waals surface area (Å²) in [4.78, 5) is 11.9. The Morgan fingerprint density at radius 2 is 1.74 bits per heavy atom. The van der Waals surface area contributed by atoms with Crippen LogP contribution < -0.4 is 5.32 Å². The van der Waals surface area contributed by atoms with Crippen LogP contribution in [0.2, 0.25) is 10.0 Å². The Morgan fingerprint density at radius 3 is 2.32 bits per heavy atom. The maximum Gasteiger partial charge on any atom is 0.255 e. The highest BCUT2D eigenvalue weighted by atomic mass is 79.9. The van der Waals surface area contributed by atoms with E-state index in [0.29, 0.717) is 20.2 Å². The van der Waals surface area contributed by atoms with Gasteiger partial charge < -0.3 is 5.32 Å². The van der Waals surface area contributed by atoms with Crippen molar-refractivity contribution in [2.45, 2.75) is 0 Å². The summed E-state index contributed by atoms with van der Waals surface area (Å²) >= 11 is 14.7. The molecule has 0 bridgehead atoms. The Balaban J connectivity index is 2.22. The Morgan fingerprint density at radius 1 is 1.11 bits per heavy atom. The highest BCUT2D eigenvalue weighted by Gasteiger charge is 2.09. The van der Waals surface area contributed by atoms with Crippen LogP contribution in [0.3, 0.4) is 0 Å². The summed E-state index contributed by atoms with van der Waals surface area (Å²) < 4.78 is 13.6. The number of carbonyl (C=O) groups is 1. The molecule has 0 spiro atoms. The lowest BCUT2D eigenvalue weighted by Crippen LogP contribution is -2.12. The van der Waals surface area contributed by atoms with Crippen molar-refractivity contribution >= 4 is 50.7 Å². The van der Waals surface area contributed by atoms with Gasteiger partial charge in [-0.25, -0.2) is 4.39 Å². The zero-order chi connectivity index (χ0) is 14.0. The third-order valence-electron chi connectivity index (χ3n) is 2.30. The maximum absolute atomic E-state index is 13.3. The van der Waals surface area contributed by atoms with Crippen LogP contribution in [0.25, 0.3) is 0 Å². The van der Waals surface area contributed by atoms with Crippen LogP contribution in [0.5, 0.6) is 0 Å². The first-order valence-corrected chi connectivity index (χ1v) is 6.73. The third-order valence-corrected chi connectivity index (χ3v) is 3.38. The third kappa shape index (κ3) is 3.69. The number of rotatable bonds is 2. The molecule has 0 aliphatic heterocycles. The molecule has 0 aliphatic carbocycles. The molecular formula is C13H7BrCl2FNO. The first-order valence-electron chi connectivity index (χ1n) is 5.18. The predicted molar refractivity (Wildman–Crippen MR) is 78.5 cm³/mol. The van der Waals surface area contributed by atoms with E-state index >= 15 is 0 Å². The Labute approximate surface area is 127 Å². The molecule has 2 nitrogen and oxygen atoms in total. The second kappa shape index (κ2) is 5.90. The van der Waals surface area contributed by atoms with E-state index < -0.39 is 11.7 Å². The number of amides is 1. The van der Waals surface area contributed by atoms with Gasteiger partial charge in [0.15, 0.2) is 0 Å². The van der Waals surface area contributed by atoms with Gasteiger partial charge in [0, 0.05) is 21.3 Å². The van der Waals surface area contributed by atoms with Crippen molar-refractivity contribution < 1.29 is 9.18 Å². The molecule has 2 aromatic rings. The van der Waals surface area contributed by atoms with Crippen LogP contribution in [-0.4, -0.2) is 5.91 Å². The summed E-state index contributed by atoms with van der Waals surface area (Å²) in [5, 5.41) is 3.41. The highest BCUT2D eigenvalue weighted by Crippen LogP contribution is 2.23. The van der Waals surface area contributed by atoms with Crippen molar-refractivity contribution in [3.63, 3.8) is 0 Å². The summed E-state index contributed by atoms with van der Waals surface area (Å²) in [6.07, 6.45) is 0. The van der Waals surface area contributed by atoms with E-state index in [1.54, 1.807) is 18.2 Å². The van der Waals surface area contributed by atoms with Gasteiger partial charge in [-0.05, 0) is 52.3 Å². The summed E-state index contributed by atoms with van der Waals surface area (Å²) in [7, 11) is 0.